The van der Waals surface area contributed by atoms with Gasteiger partial charge in [-0.05, 0) is 67.9 Å². The maximum Gasteiger partial charge on any atom is 0.273 e. The minimum Gasteiger partial charge on any atom is -0.395 e. The average Bonchev–Trinajstić information content (AvgIpc) is 3.57. The van der Waals surface area contributed by atoms with Crippen molar-refractivity contribution < 1.29 is 18.8 Å². The predicted octanol–water partition coefficient (Wildman–Crippen LogP) is 5.19. The van der Waals surface area contributed by atoms with E-state index in [1.165, 1.54) is 29.2 Å². The Hall–Kier alpha value is -3.01. The van der Waals surface area contributed by atoms with Gasteiger partial charge in [-0.3, -0.25) is 19.3 Å². The second-order valence-corrected chi connectivity index (χ2v) is 11.2. The minimum absolute atomic E-state index is 0.00543. The highest BCUT2D eigenvalue weighted by Crippen LogP contribution is 2.30. The van der Waals surface area contributed by atoms with Crippen LogP contribution in [0.1, 0.15) is 104 Å². The van der Waals surface area contributed by atoms with Crippen LogP contribution in [0.15, 0.2) is 24.3 Å². The fourth-order valence-corrected chi connectivity index (χ4v) is 6.14. The summed E-state index contributed by atoms with van der Waals surface area (Å²) >= 11 is 0.854. The van der Waals surface area contributed by atoms with E-state index in [0.29, 0.717) is 12.1 Å². The van der Waals surface area contributed by atoms with E-state index in [2.05, 4.69) is 15.0 Å². The summed E-state index contributed by atoms with van der Waals surface area (Å²) < 4.78 is 18.0. The van der Waals surface area contributed by atoms with Crippen molar-refractivity contribution in [3.63, 3.8) is 0 Å². The van der Waals surface area contributed by atoms with E-state index in [4.69, 9.17) is 5.73 Å². The Bertz CT molecular complexity index is 1110. The Kier molecular flexibility index (Phi) is 9.71. The summed E-state index contributed by atoms with van der Waals surface area (Å²) in [6.07, 6.45) is 11.1. The van der Waals surface area contributed by atoms with E-state index >= 15 is 0 Å². The quantitative estimate of drug-likeness (QED) is 0.381. The molecule has 3 amide bonds. The van der Waals surface area contributed by atoms with Crippen LogP contribution in [0.4, 0.5) is 15.8 Å². The number of aromatic nitrogens is 1. The number of hydrogen-bond acceptors (Lipinski definition) is 6. The third kappa shape index (κ3) is 6.70. The number of benzene rings is 1. The Balaban J connectivity index is 1.63. The molecule has 2 fully saturated rings. The first-order valence-electron chi connectivity index (χ1n) is 13.8. The van der Waals surface area contributed by atoms with Gasteiger partial charge < -0.3 is 16.4 Å². The number of nitrogen functional groups attached to an aromatic ring is 1. The van der Waals surface area contributed by atoms with Gasteiger partial charge in [-0.25, -0.2) is 4.39 Å². The number of nitrogens with zero attached hydrogens (tertiary/aromatic N) is 2. The molecule has 2 aliphatic carbocycles. The summed E-state index contributed by atoms with van der Waals surface area (Å²) in [4.78, 5) is 42.0. The van der Waals surface area contributed by atoms with Gasteiger partial charge in [0.05, 0.1) is 5.69 Å². The molecule has 8 nitrogen and oxygen atoms in total. The van der Waals surface area contributed by atoms with Crippen molar-refractivity contribution in [1.29, 1.82) is 0 Å². The Morgan fingerprint density at radius 3 is 2.26 bits per heavy atom. The summed E-state index contributed by atoms with van der Waals surface area (Å²) in [5.74, 6) is -1.59. The van der Waals surface area contributed by atoms with Gasteiger partial charge in [0.1, 0.15) is 16.7 Å². The molecule has 0 unspecified atom stereocenters. The third-order valence-electron chi connectivity index (χ3n) is 7.55. The molecule has 0 aliphatic heterocycles. The lowest BCUT2D eigenvalue weighted by atomic mass is 9.95. The van der Waals surface area contributed by atoms with Crippen molar-refractivity contribution in [2.24, 2.45) is 0 Å². The monoisotopic (exact) mass is 543 g/mol. The standard InChI is InChI=1S/C28H38FN5O3S/c1-2-3-13-22(26(35)31-19-11-7-8-12-19)34(21-16-14-18(29)15-17-21)28(37)25-23(30)24(33-38-25)27(36)32-20-9-5-4-6-10-20/h14-17,19-20,22H,2-13,30H2,1H3,(H,31,35)(H,32,36)/t22-/m1/s1. The van der Waals surface area contributed by atoms with E-state index in [0.717, 1.165) is 82.2 Å². The molecule has 4 rings (SSSR count). The van der Waals surface area contributed by atoms with Gasteiger partial charge in [0.2, 0.25) is 5.91 Å². The normalized spacial score (nSPS) is 17.2. The van der Waals surface area contributed by atoms with Crippen molar-refractivity contribution in [3.05, 3.63) is 40.7 Å². The third-order valence-corrected chi connectivity index (χ3v) is 8.40. The molecule has 10 heteroatoms. The number of rotatable bonds is 10. The number of nitrogens with one attached hydrogen (secondary N) is 2. The molecule has 1 atom stereocenters. The zero-order valence-corrected chi connectivity index (χ0v) is 22.8. The zero-order valence-electron chi connectivity index (χ0n) is 22.0. The first kappa shape index (κ1) is 28.0. The molecule has 2 saturated carbocycles. The number of carbonyl (C=O) groups excluding carboxylic acids is 3. The van der Waals surface area contributed by atoms with Crippen molar-refractivity contribution in [2.45, 2.75) is 102 Å². The highest BCUT2D eigenvalue weighted by molar-refractivity contribution is 7.09. The minimum atomic E-state index is -0.811. The average molecular weight is 544 g/mol. The fraction of sp³-hybridized carbons (Fsp3) is 0.571. The van der Waals surface area contributed by atoms with Crippen LogP contribution in [0.25, 0.3) is 0 Å². The SMILES string of the molecule is CCCC[C@H](C(=O)NC1CCCC1)N(C(=O)c1snc(C(=O)NC2CCCCC2)c1N)c1ccc(F)cc1. The van der Waals surface area contributed by atoms with E-state index < -0.39 is 17.8 Å². The number of hydrogen-bond donors (Lipinski definition) is 3. The molecule has 0 saturated heterocycles. The molecule has 0 radical (unpaired) electrons. The van der Waals surface area contributed by atoms with Gasteiger partial charge in [0, 0.05) is 17.8 Å². The maximum absolute atomic E-state index is 14.0. The van der Waals surface area contributed by atoms with Gasteiger partial charge in [0.25, 0.3) is 11.8 Å². The van der Waals surface area contributed by atoms with Gasteiger partial charge in [-0.15, -0.1) is 0 Å². The van der Waals surface area contributed by atoms with Gasteiger partial charge >= 0.3 is 0 Å². The van der Waals surface area contributed by atoms with Crippen LogP contribution in [0.5, 0.6) is 0 Å². The van der Waals surface area contributed by atoms with Crippen molar-refractivity contribution in [2.75, 3.05) is 10.6 Å². The van der Waals surface area contributed by atoms with Crippen LogP contribution in [-0.4, -0.2) is 40.2 Å². The first-order chi connectivity index (χ1) is 18.4. The van der Waals surface area contributed by atoms with Crippen LogP contribution in [-0.2, 0) is 4.79 Å². The smallest absolute Gasteiger partial charge is 0.273 e. The molecule has 2 aliphatic rings. The number of carbonyl (C=O) groups is 3. The number of halogens is 1. The Morgan fingerprint density at radius 1 is 1.03 bits per heavy atom. The predicted molar refractivity (Wildman–Crippen MR) is 148 cm³/mol. The van der Waals surface area contributed by atoms with Crippen molar-refractivity contribution in [1.82, 2.24) is 15.0 Å². The summed E-state index contributed by atoms with van der Waals surface area (Å²) in [5, 5.41) is 6.12. The number of nitrogens with two attached hydrogens (primary N) is 1. The molecule has 2 aromatic rings. The second kappa shape index (κ2) is 13.2. The first-order valence-corrected chi connectivity index (χ1v) is 14.6. The topological polar surface area (TPSA) is 117 Å². The molecule has 38 heavy (non-hydrogen) atoms. The molecule has 0 bridgehead atoms. The fourth-order valence-electron chi connectivity index (χ4n) is 5.41. The summed E-state index contributed by atoms with van der Waals surface area (Å²) in [7, 11) is 0. The molecule has 4 N–H and O–H groups in total. The molecular weight excluding hydrogens is 505 g/mol. The molecule has 206 valence electrons. The van der Waals surface area contributed by atoms with Gasteiger partial charge in [-0.1, -0.05) is 51.9 Å². The summed E-state index contributed by atoms with van der Waals surface area (Å²) in [6, 6.07) is 4.85. The Morgan fingerprint density at radius 2 is 1.63 bits per heavy atom. The Labute approximate surface area is 227 Å². The van der Waals surface area contributed by atoms with E-state index in [1.807, 2.05) is 6.92 Å². The van der Waals surface area contributed by atoms with Crippen molar-refractivity contribution >= 4 is 40.6 Å². The van der Waals surface area contributed by atoms with Crippen molar-refractivity contribution in [3.8, 4) is 0 Å². The molecule has 1 heterocycles. The lowest BCUT2D eigenvalue weighted by Gasteiger charge is -2.32. The van der Waals surface area contributed by atoms with Crippen LogP contribution in [0, 0.1) is 5.82 Å². The van der Waals surface area contributed by atoms with Gasteiger partial charge in [-0.2, -0.15) is 4.37 Å². The molecular formula is C28H38FN5O3S. The van der Waals surface area contributed by atoms with Gasteiger partial charge in [0.15, 0.2) is 5.69 Å². The zero-order chi connectivity index (χ0) is 27.1. The lowest BCUT2D eigenvalue weighted by Crippen LogP contribution is -2.51. The van der Waals surface area contributed by atoms with Crippen LogP contribution < -0.4 is 21.3 Å². The van der Waals surface area contributed by atoms with E-state index in [9.17, 15) is 18.8 Å². The molecule has 1 aromatic carbocycles. The molecule has 1 aromatic heterocycles. The number of anilines is 2. The van der Waals surface area contributed by atoms with Crippen LogP contribution in [0.2, 0.25) is 0 Å². The van der Waals surface area contributed by atoms with Crippen LogP contribution in [0.3, 0.4) is 0 Å². The maximum atomic E-state index is 14.0. The number of unbranched alkanes of at least 4 members (excludes halogenated alkanes) is 1. The number of amides is 3. The highest BCUT2D eigenvalue weighted by atomic mass is 32.1. The lowest BCUT2D eigenvalue weighted by molar-refractivity contribution is -0.123. The summed E-state index contributed by atoms with van der Waals surface area (Å²) in [6.45, 7) is 2.02. The highest BCUT2D eigenvalue weighted by Gasteiger charge is 2.36. The van der Waals surface area contributed by atoms with E-state index in [-0.39, 0.29) is 40.2 Å². The van der Waals surface area contributed by atoms with E-state index in [1.54, 1.807) is 0 Å². The largest absolute Gasteiger partial charge is 0.395 e. The second-order valence-electron chi connectivity index (χ2n) is 10.4. The molecule has 0 spiro atoms. The summed E-state index contributed by atoms with van der Waals surface area (Å²) in [5.41, 5.74) is 6.76. The van der Waals surface area contributed by atoms with Crippen LogP contribution >= 0.6 is 11.5 Å².